The molecule has 5 nitrogen and oxygen atoms in total. The Hall–Kier alpha value is -0.980. The molecule has 1 rings (SSSR count). The number of aromatic nitrogens is 1. The van der Waals surface area contributed by atoms with Gasteiger partial charge in [0.25, 0.3) is 0 Å². The van der Waals surface area contributed by atoms with Crippen LogP contribution in [0.4, 0.5) is 0 Å². The Morgan fingerprint density at radius 3 is 2.65 bits per heavy atom. The van der Waals surface area contributed by atoms with Crippen LogP contribution in [0.15, 0.2) is 24.5 Å². The fraction of sp³-hybridized carbons (Fsp3) is 0.545. The van der Waals surface area contributed by atoms with Gasteiger partial charge < -0.3 is 5.73 Å². The van der Waals surface area contributed by atoms with Gasteiger partial charge in [-0.05, 0) is 37.5 Å². The first-order valence-corrected chi connectivity index (χ1v) is 7.26. The van der Waals surface area contributed by atoms with E-state index in [0.717, 1.165) is 5.56 Å². The molecule has 0 aromatic carbocycles. The second kappa shape index (κ2) is 6.68. The van der Waals surface area contributed by atoms with E-state index in [0.29, 0.717) is 19.4 Å². The van der Waals surface area contributed by atoms with Gasteiger partial charge in [-0.1, -0.05) is 0 Å². The Morgan fingerprint density at radius 1 is 1.41 bits per heavy atom. The van der Waals surface area contributed by atoms with Crippen molar-refractivity contribution in [2.75, 3.05) is 12.3 Å². The van der Waals surface area contributed by atoms with Crippen molar-refractivity contribution in [2.45, 2.75) is 25.8 Å². The maximum absolute atomic E-state index is 11.6. The molecule has 1 unspecified atom stereocenters. The molecule has 0 spiro atoms. The largest absolute Gasteiger partial charge is 0.328 e. The van der Waals surface area contributed by atoms with Gasteiger partial charge in [0, 0.05) is 25.0 Å². The number of hydrogen-bond donors (Lipinski definition) is 2. The Morgan fingerprint density at radius 2 is 2.06 bits per heavy atom. The van der Waals surface area contributed by atoms with Crippen LogP contribution in [0.25, 0.3) is 0 Å². The second-order valence-electron chi connectivity index (χ2n) is 4.08. The van der Waals surface area contributed by atoms with Crippen LogP contribution in [-0.2, 0) is 16.4 Å². The Bertz CT molecular complexity index is 418. The molecule has 17 heavy (non-hydrogen) atoms. The van der Waals surface area contributed by atoms with Gasteiger partial charge in [0.2, 0.25) is 10.0 Å². The third-order valence-corrected chi connectivity index (χ3v) is 3.72. The zero-order valence-corrected chi connectivity index (χ0v) is 10.8. The summed E-state index contributed by atoms with van der Waals surface area (Å²) in [5.41, 5.74) is 6.51. The fourth-order valence-electron chi connectivity index (χ4n) is 1.32. The normalized spacial score (nSPS) is 13.5. The molecule has 0 saturated heterocycles. The summed E-state index contributed by atoms with van der Waals surface area (Å²) in [7, 11) is -3.20. The number of rotatable bonds is 7. The summed E-state index contributed by atoms with van der Waals surface area (Å²) in [6, 6.07) is 3.65. The maximum Gasteiger partial charge on any atom is 0.211 e. The highest BCUT2D eigenvalue weighted by Crippen LogP contribution is 2.00. The van der Waals surface area contributed by atoms with E-state index >= 15 is 0 Å². The van der Waals surface area contributed by atoms with Gasteiger partial charge in [-0.15, -0.1) is 0 Å². The zero-order valence-electron chi connectivity index (χ0n) is 9.96. The van der Waals surface area contributed by atoms with Gasteiger partial charge in [0.1, 0.15) is 0 Å². The van der Waals surface area contributed by atoms with Crippen LogP contribution in [0.1, 0.15) is 18.9 Å². The van der Waals surface area contributed by atoms with Gasteiger partial charge in [-0.2, -0.15) is 0 Å². The Labute approximate surface area is 102 Å². The van der Waals surface area contributed by atoms with E-state index in [2.05, 4.69) is 9.71 Å². The number of nitrogens with two attached hydrogens (primary N) is 1. The van der Waals surface area contributed by atoms with Crippen LogP contribution in [0.2, 0.25) is 0 Å². The molecule has 0 aliphatic heterocycles. The van der Waals surface area contributed by atoms with E-state index in [4.69, 9.17) is 5.73 Å². The second-order valence-corrected chi connectivity index (χ2v) is 6.01. The SMILES string of the molecule is CC(N)CCNS(=O)(=O)CCc1ccncc1. The van der Waals surface area contributed by atoms with Crippen molar-refractivity contribution in [3.63, 3.8) is 0 Å². The lowest BCUT2D eigenvalue weighted by Gasteiger charge is -2.08. The van der Waals surface area contributed by atoms with E-state index in [-0.39, 0.29) is 11.8 Å². The average molecular weight is 257 g/mol. The van der Waals surface area contributed by atoms with Crippen molar-refractivity contribution in [3.8, 4) is 0 Å². The lowest BCUT2D eigenvalue weighted by Crippen LogP contribution is -2.31. The lowest BCUT2D eigenvalue weighted by atomic mass is 10.2. The van der Waals surface area contributed by atoms with Crippen molar-refractivity contribution in [2.24, 2.45) is 5.73 Å². The number of pyridine rings is 1. The summed E-state index contributed by atoms with van der Waals surface area (Å²) in [6.07, 6.45) is 4.46. The van der Waals surface area contributed by atoms with Crippen LogP contribution in [-0.4, -0.2) is 31.7 Å². The van der Waals surface area contributed by atoms with Crippen LogP contribution in [0.5, 0.6) is 0 Å². The average Bonchev–Trinajstić information content (AvgIpc) is 2.27. The highest BCUT2D eigenvalue weighted by molar-refractivity contribution is 7.89. The number of nitrogens with zero attached hydrogens (tertiary/aromatic N) is 1. The predicted molar refractivity (Wildman–Crippen MR) is 68.0 cm³/mol. The highest BCUT2D eigenvalue weighted by Gasteiger charge is 2.09. The van der Waals surface area contributed by atoms with Crippen LogP contribution >= 0.6 is 0 Å². The highest BCUT2D eigenvalue weighted by atomic mass is 32.2. The molecule has 3 N–H and O–H groups in total. The molecule has 0 saturated carbocycles. The lowest BCUT2D eigenvalue weighted by molar-refractivity contribution is 0.571. The molecule has 0 aliphatic rings. The molecule has 1 aromatic rings. The van der Waals surface area contributed by atoms with E-state index in [1.54, 1.807) is 12.4 Å². The van der Waals surface area contributed by atoms with Crippen molar-refractivity contribution in [3.05, 3.63) is 30.1 Å². The quantitative estimate of drug-likeness (QED) is 0.735. The topological polar surface area (TPSA) is 85.1 Å². The molecule has 1 aromatic heterocycles. The van der Waals surface area contributed by atoms with E-state index < -0.39 is 10.0 Å². The zero-order chi connectivity index (χ0) is 12.7. The number of aryl methyl sites for hydroxylation is 1. The minimum atomic E-state index is -3.20. The van der Waals surface area contributed by atoms with Crippen LogP contribution in [0.3, 0.4) is 0 Å². The third-order valence-electron chi connectivity index (χ3n) is 2.33. The summed E-state index contributed by atoms with van der Waals surface area (Å²) in [5.74, 6) is 0.0932. The molecule has 0 aliphatic carbocycles. The number of sulfonamides is 1. The molecule has 0 amide bonds. The molecule has 6 heteroatoms. The summed E-state index contributed by atoms with van der Waals surface area (Å²) in [6.45, 7) is 2.25. The number of nitrogens with one attached hydrogen (secondary N) is 1. The molecule has 0 radical (unpaired) electrons. The van der Waals surface area contributed by atoms with Crippen molar-refractivity contribution >= 4 is 10.0 Å². The molecule has 1 atom stereocenters. The molecular weight excluding hydrogens is 238 g/mol. The fourth-order valence-corrected chi connectivity index (χ4v) is 2.39. The minimum absolute atomic E-state index is 0.0119. The predicted octanol–water partition coefficient (Wildman–Crippen LogP) is 0.281. The van der Waals surface area contributed by atoms with Crippen molar-refractivity contribution < 1.29 is 8.42 Å². The van der Waals surface area contributed by atoms with Gasteiger partial charge in [0.15, 0.2) is 0 Å². The summed E-state index contributed by atoms with van der Waals surface area (Å²) in [5, 5.41) is 0. The summed E-state index contributed by atoms with van der Waals surface area (Å²) >= 11 is 0. The summed E-state index contributed by atoms with van der Waals surface area (Å²) in [4.78, 5) is 3.88. The first-order valence-electron chi connectivity index (χ1n) is 5.61. The molecule has 0 fully saturated rings. The molecule has 1 heterocycles. The van der Waals surface area contributed by atoms with E-state index in [1.807, 2.05) is 19.1 Å². The first-order chi connectivity index (χ1) is 7.99. The van der Waals surface area contributed by atoms with Gasteiger partial charge in [-0.25, -0.2) is 13.1 Å². The Balaban J connectivity index is 2.35. The maximum atomic E-state index is 11.6. The first kappa shape index (κ1) is 14.1. The van der Waals surface area contributed by atoms with Crippen LogP contribution in [0, 0.1) is 0 Å². The van der Waals surface area contributed by atoms with Crippen molar-refractivity contribution in [1.29, 1.82) is 0 Å². The van der Waals surface area contributed by atoms with Crippen molar-refractivity contribution in [1.82, 2.24) is 9.71 Å². The monoisotopic (exact) mass is 257 g/mol. The molecule has 96 valence electrons. The minimum Gasteiger partial charge on any atom is -0.328 e. The Kier molecular flexibility index (Phi) is 5.54. The molecule has 0 bridgehead atoms. The molecular formula is C11H19N3O2S. The van der Waals surface area contributed by atoms with Crippen LogP contribution < -0.4 is 10.5 Å². The third kappa shape index (κ3) is 6.35. The smallest absolute Gasteiger partial charge is 0.211 e. The van der Waals surface area contributed by atoms with E-state index in [9.17, 15) is 8.42 Å². The van der Waals surface area contributed by atoms with Gasteiger partial charge >= 0.3 is 0 Å². The number of hydrogen-bond acceptors (Lipinski definition) is 4. The van der Waals surface area contributed by atoms with Gasteiger partial charge in [0.05, 0.1) is 5.75 Å². The van der Waals surface area contributed by atoms with Gasteiger partial charge in [-0.3, -0.25) is 4.98 Å². The standard InChI is InChI=1S/C11H19N3O2S/c1-10(12)2-8-14-17(15,16)9-5-11-3-6-13-7-4-11/h3-4,6-7,10,14H,2,5,8-9,12H2,1H3. The van der Waals surface area contributed by atoms with E-state index in [1.165, 1.54) is 0 Å². The summed E-state index contributed by atoms with van der Waals surface area (Å²) < 4.78 is 25.8.